The average molecular weight is 510 g/mol. The number of hydrogen-bond acceptors (Lipinski definition) is 6. The second-order valence-electron chi connectivity index (χ2n) is 10.5. The number of amides is 3. The molecule has 1 saturated heterocycles. The Morgan fingerprint density at radius 3 is 2.49 bits per heavy atom. The number of anilines is 1. The number of benzene rings is 1. The molecular weight excluding hydrogens is 474 g/mol. The van der Waals surface area contributed by atoms with Crippen LogP contribution in [0.5, 0.6) is 0 Å². The molecule has 1 aliphatic rings. The number of nitrogens with zero attached hydrogens (tertiary/aromatic N) is 5. The largest absolute Gasteiger partial charge is 0.444 e. The monoisotopic (exact) mass is 509 g/mol. The van der Waals surface area contributed by atoms with Crippen molar-refractivity contribution in [2.75, 3.05) is 18.4 Å². The normalized spacial score (nSPS) is 14.7. The molecule has 3 aromatic rings. The Morgan fingerprint density at radius 1 is 1.16 bits per heavy atom. The third kappa shape index (κ3) is 5.92. The molecule has 3 N–H and O–H groups in total. The number of hydrogen-bond donors (Lipinski definition) is 2. The number of carbonyl (C=O) groups excluding carboxylic acids is 3. The van der Waals surface area contributed by atoms with Gasteiger partial charge in [-0.25, -0.2) is 9.78 Å². The molecule has 3 amide bonds. The Kier molecular flexibility index (Phi) is 7.24. The molecule has 0 atom stereocenters. The summed E-state index contributed by atoms with van der Waals surface area (Å²) in [6, 6.07) is 6.84. The number of piperidine rings is 1. The number of ether oxygens (including phenoxy) is 1. The zero-order valence-corrected chi connectivity index (χ0v) is 22.1. The molecule has 198 valence electrons. The van der Waals surface area contributed by atoms with Gasteiger partial charge in [0.1, 0.15) is 11.3 Å². The number of rotatable bonds is 6. The number of nitrogens with two attached hydrogens (primary N) is 1. The van der Waals surface area contributed by atoms with Crippen molar-refractivity contribution in [2.24, 2.45) is 11.7 Å². The Morgan fingerprint density at radius 2 is 1.86 bits per heavy atom. The van der Waals surface area contributed by atoms with Crippen molar-refractivity contribution < 1.29 is 19.1 Å². The Hall–Kier alpha value is -3.89. The highest BCUT2D eigenvalue weighted by Gasteiger charge is 2.28. The van der Waals surface area contributed by atoms with Crippen molar-refractivity contribution in [2.45, 2.75) is 66.2 Å². The van der Waals surface area contributed by atoms with Crippen LogP contribution in [0.25, 0.3) is 11.0 Å². The molecule has 1 fully saturated rings. The van der Waals surface area contributed by atoms with Gasteiger partial charge in [0.2, 0.25) is 11.9 Å². The van der Waals surface area contributed by atoms with Crippen molar-refractivity contribution in [1.82, 2.24) is 24.2 Å². The van der Waals surface area contributed by atoms with Gasteiger partial charge >= 0.3 is 6.09 Å². The minimum absolute atomic E-state index is 0.256. The van der Waals surface area contributed by atoms with Crippen molar-refractivity contribution >= 4 is 34.9 Å². The molecule has 37 heavy (non-hydrogen) atoms. The zero-order valence-electron chi connectivity index (χ0n) is 22.1. The number of imidazole rings is 1. The molecule has 4 rings (SSSR count). The fourth-order valence-corrected chi connectivity index (χ4v) is 4.58. The molecule has 0 radical (unpaired) electrons. The number of nitrogens with one attached hydrogen (secondary N) is 1. The number of carbonyl (C=O) groups is 3. The van der Waals surface area contributed by atoms with Gasteiger partial charge in [-0.2, -0.15) is 5.10 Å². The van der Waals surface area contributed by atoms with E-state index >= 15 is 0 Å². The number of fused-ring (bicyclic) bond motifs is 1. The SMILES string of the molecule is CCn1nc(C)cc1C(=O)Nc1nc2cc(C(N)=O)ccc2n1CC1CCN(C(=O)OC(C)(C)C)CC1. The van der Waals surface area contributed by atoms with E-state index in [9.17, 15) is 14.4 Å². The second kappa shape index (κ2) is 10.2. The van der Waals surface area contributed by atoms with E-state index in [0.717, 1.165) is 24.1 Å². The highest BCUT2D eigenvalue weighted by molar-refractivity contribution is 6.03. The summed E-state index contributed by atoms with van der Waals surface area (Å²) in [5.41, 5.74) is 7.84. The summed E-state index contributed by atoms with van der Waals surface area (Å²) in [7, 11) is 0. The van der Waals surface area contributed by atoms with Crippen molar-refractivity contribution in [3.05, 3.63) is 41.2 Å². The van der Waals surface area contributed by atoms with E-state index in [0.29, 0.717) is 48.9 Å². The molecule has 0 spiro atoms. The van der Waals surface area contributed by atoms with E-state index in [1.807, 2.05) is 39.2 Å². The minimum atomic E-state index is -0.543. The fourth-order valence-electron chi connectivity index (χ4n) is 4.58. The summed E-state index contributed by atoms with van der Waals surface area (Å²) >= 11 is 0. The highest BCUT2D eigenvalue weighted by Crippen LogP contribution is 2.27. The molecular formula is C26H35N7O4. The average Bonchev–Trinajstić information content (AvgIpc) is 3.37. The molecule has 1 aromatic carbocycles. The van der Waals surface area contributed by atoms with Gasteiger partial charge in [-0.3, -0.25) is 19.6 Å². The van der Waals surface area contributed by atoms with Gasteiger partial charge in [0.05, 0.1) is 16.7 Å². The fraction of sp³-hybridized carbons (Fsp3) is 0.500. The van der Waals surface area contributed by atoms with Gasteiger partial charge in [0, 0.05) is 31.7 Å². The summed E-state index contributed by atoms with van der Waals surface area (Å²) < 4.78 is 9.12. The standard InChI is InChI=1S/C26H35N7O4/c1-6-33-21(13-16(2)30-33)23(35)29-24-28-19-14-18(22(27)34)7-8-20(19)32(24)15-17-9-11-31(12-10-17)25(36)37-26(3,4)5/h7-8,13-14,17H,6,9-12,15H2,1-5H3,(H2,27,34)(H,28,29,35). The van der Waals surface area contributed by atoms with Crippen LogP contribution in [0.3, 0.4) is 0 Å². The maximum absolute atomic E-state index is 13.2. The number of primary amides is 1. The first-order chi connectivity index (χ1) is 17.4. The maximum atomic E-state index is 13.2. The van der Waals surface area contributed by atoms with Crippen LogP contribution in [0.15, 0.2) is 24.3 Å². The second-order valence-corrected chi connectivity index (χ2v) is 10.5. The van der Waals surface area contributed by atoms with E-state index in [1.165, 1.54) is 0 Å². The third-order valence-corrected chi connectivity index (χ3v) is 6.40. The van der Waals surface area contributed by atoms with Crippen LogP contribution in [0.4, 0.5) is 10.7 Å². The number of aryl methyl sites for hydroxylation is 2. The first kappa shape index (κ1) is 26.2. The topological polar surface area (TPSA) is 137 Å². The van der Waals surface area contributed by atoms with Gasteiger partial charge in [-0.15, -0.1) is 0 Å². The summed E-state index contributed by atoms with van der Waals surface area (Å²) in [5, 5.41) is 7.31. The predicted molar refractivity (Wildman–Crippen MR) is 139 cm³/mol. The van der Waals surface area contributed by atoms with Crippen LogP contribution >= 0.6 is 0 Å². The molecule has 0 saturated carbocycles. The van der Waals surface area contributed by atoms with Crippen LogP contribution in [-0.4, -0.2) is 60.8 Å². The quantitative estimate of drug-likeness (QED) is 0.521. The lowest BCUT2D eigenvalue weighted by molar-refractivity contribution is 0.0178. The molecule has 0 unspecified atom stereocenters. The van der Waals surface area contributed by atoms with Gasteiger partial charge in [0.15, 0.2) is 0 Å². The van der Waals surface area contributed by atoms with Crippen LogP contribution < -0.4 is 11.1 Å². The number of likely N-dealkylation sites (tertiary alicyclic amines) is 1. The Labute approximate surface area is 215 Å². The van der Waals surface area contributed by atoms with Gasteiger partial charge in [-0.05, 0) is 77.6 Å². The summed E-state index contributed by atoms with van der Waals surface area (Å²) in [6.45, 7) is 11.7. The lowest BCUT2D eigenvalue weighted by atomic mass is 9.97. The highest BCUT2D eigenvalue weighted by atomic mass is 16.6. The minimum Gasteiger partial charge on any atom is -0.444 e. The van der Waals surface area contributed by atoms with Gasteiger partial charge < -0.3 is 19.9 Å². The van der Waals surface area contributed by atoms with Crippen LogP contribution in [0.1, 0.15) is 67.1 Å². The van der Waals surface area contributed by atoms with Crippen molar-refractivity contribution in [3.63, 3.8) is 0 Å². The smallest absolute Gasteiger partial charge is 0.410 e. The van der Waals surface area contributed by atoms with E-state index in [-0.39, 0.29) is 17.9 Å². The number of aromatic nitrogens is 4. The summed E-state index contributed by atoms with van der Waals surface area (Å²) in [4.78, 5) is 43.7. The molecule has 1 aliphatic heterocycles. The van der Waals surface area contributed by atoms with Gasteiger partial charge in [0.25, 0.3) is 5.91 Å². The molecule has 0 bridgehead atoms. The molecule has 11 heteroatoms. The molecule has 11 nitrogen and oxygen atoms in total. The van der Waals surface area contributed by atoms with Crippen molar-refractivity contribution in [1.29, 1.82) is 0 Å². The summed E-state index contributed by atoms with van der Waals surface area (Å²) in [5.74, 6) is -0.212. The Bertz CT molecular complexity index is 1330. The Balaban J connectivity index is 1.57. The third-order valence-electron chi connectivity index (χ3n) is 6.40. The van der Waals surface area contributed by atoms with E-state index in [1.54, 1.807) is 33.8 Å². The van der Waals surface area contributed by atoms with Crippen LogP contribution in [0, 0.1) is 12.8 Å². The first-order valence-corrected chi connectivity index (χ1v) is 12.6. The van der Waals surface area contributed by atoms with E-state index in [2.05, 4.69) is 15.4 Å². The van der Waals surface area contributed by atoms with E-state index in [4.69, 9.17) is 10.5 Å². The van der Waals surface area contributed by atoms with Crippen LogP contribution in [0.2, 0.25) is 0 Å². The van der Waals surface area contributed by atoms with Gasteiger partial charge in [-0.1, -0.05) is 0 Å². The predicted octanol–water partition coefficient (Wildman–Crippen LogP) is 3.56. The summed E-state index contributed by atoms with van der Waals surface area (Å²) in [6.07, 6.45) is 1.27. The lowest BCUT2D eigenvalue weighted by Crippen LogP contribution is -2.42. The molecule has 3 heterocycles. The molecule has 0 aliphatic carbocycles. The lowest BCUT2D eigenvalue weighted by Gasteiger charge is -2.33. The van der Waals surface area contributed by atoms with Crippen molar-refractivity contribution in [3.8, 4) is 0 Å². The van der Waals surface area contributed by atoms with E-state index < -0.39 is 11.5 Å². The maximum Gasteiger partial charge on any atom is 0.410 e. The zero-order chi connectivity index (χ0) is 26.9. The van der Waals surface area contributed by atoms with Crippen LogP contribution in [-0.2, 0) is 17.8 Å². The molecule has 2 aromatic heterocycles. The first-order valence-electron chi connectivity index (χ1n) is 12.6.